The second-order valence-electron chi connectivity index (χ2n) is 4.80. The van der Waals surface area contributed by atoms with E-state index in [1.54, 1.807) is 0 Å². The molecule has 0 unspecified atom stereocenters. The van der Waals surface area contributed by atoms with E-state index >= 15 is 0 Å². The maximum Gasteiger partial charge on any atom is 0.0590 e. The molecular weight excluding hydrogens is 214 g/mol. The van der Waals surface area contributed by atoms with Gasteiger partial charge in [-0.15, -0.1) is 6.58 Å². The van der Waals surface area contributed by atoms with E-state index < -0.39 is 0 Å². The predicted octanol–water partition coefficient (Wildman–Crippen LogP) is 1.19. The molecule has 2 heterocycles. The van der Waals surface area contributed by atoms with E-state index in [0.29, 0.717) is 12.5 Å². The van der Waals surface area contributed by atoms with Gasteiger partial charge in [0.15, 0.2) is 0 Å². The highest BCUT2D eigenvalue weighted by Gasteiger charge is 2.22. The maximum absolute atomic E-state index is 9.12. The minimum absolute atomic E-state index is 0.311. The summed E-state index contributed by atoms with van der Waals surface area (Å²) in [6, 6.07) is 0. The molecule has 0 aromatic carbocycles. The molecule has 0 amide bonds. The Morgan fingerprint density at radius 1 is 1.65 bits per heavy atom. The fraction of sp³-hybridized carbons (Fsp3) is 0.615. The van der Waals surface area contributed by atoms with Crippen molar-refractivity contribution in [3.63, 3.8) is 0 Å². The highest BCUT2D eigenvalue weighted by atomic mass is 16.3. The van der Waals surface area contributed by atoms with Crippen LogP contribution in [-0.2, 0) is 13.1 Å². The minimum Gasteiger partial charge on any atom is -0.396 e. The standard InChI is InChI=1S/C13H21N3O/c1-3-5-16-11(2)13(7-14-16)9-15-6-4-12(8-15)10-17/h3,7,12,17H,1,4-6,8-10H2,2H3/t12-/m1/s1. The van der Waals surface area contributed by atoms with Crippen LogP contribution in [-0.4, -0.2) is 39.5 Å². The molecule has 1 aromatic rings. The van der Waals surface area contributed by atoms with Gasteiger partial charge in [0.1, 0.15) is 0 Å². The molecule has 94 valence electrons. The number of nitrogens with zero attached hydrogens (tertiary/aromatic N) is 3. The zero-order valence-corrected chi connectivity index (χ0v) is 10.5. The van der Waals surface area contributed by atoms with E-state index in [1.165, 1.54) is 11.3 Å². The highest BCUT2D eigenvalue weighted by Crippen LogP contribution is 2.19. The molecule has 0 bridgehead atoms. The van der Waals surface area contributed by atoms with E-state index in [2.05, 4.69) is 23.5 Å². The first-order valence-corrected chi connectivity index (χ1v) is 6.20. The van der Waals surface area contributed by atoms with E-state index in [0.717, 1.165) is 32.6 Å². The molecule has 1 aliphatic heterocycles. The van der Waals surface area contributed by atoms with Gasteiger partial charge in [-0.2, -0.15) is 5.10 Å². The van der Waals surface area contributed by atoms with E-state index in [9.17, 15) is 0 Å². The maximum atomic E-state index is 9.12. The number of aromatic nitrogens is 2. The number of hydrogen-bond acceptors (Lipinski definition) is 3. The molecule has 1 saturated heterocycles. The first-order chi connectivity index (χ1) is 8.24. The van der Waals surface area contributed by atoms with E-state index in [4.69, 9.17) is 5.11 Å². The average molecular weight is 235 g/mol. The zero-order chi connectivity index (χ0) is 12.3. The molecule has 1 aromatic heterocycles. The molecule has 1 N–H and O–H groups in total. The monoisotopic (exact) mass is 235 g/mol. The molecule has 4 heteroatoms. The van der Waals surface area contributed by atoms with Gasteiger partial charge in [0, 0.05) is 31.0 Å². The number of likely N-dealkylation sites (tertiary alicyclic amines) is 1. The summed E-state index contributed by atoms with van der Waals surface area (Å²) in [5.41, 5.74) is 2.50. The number of hydrogen-bond donors (Lipinski definition) is 1. The quantitative estimate of drug-likeness (QED) is 0.780. The van der Waals surface area contributed by atoms with Crippen molar-refractivity contribution in [2.24, 2.45) is 5.92 Å². The van der Waals surface area contributed by atoms with Crippen LogP contribution in [0.4, 0.5) is 0 Å². The Morgan fingerprint density at radius 3 is 3.12 bits per heavy atom. The Hall–Kier alpha value is -1.13. The lowest BCUT2D eigenvalue weighted by Crippen LogP contribution is -2.21. The summed E-state index contributed by atoms with van der Waals surface area (Å²) in [4.78, 5) is 2.39. The summed E-state index contributed by atoms with van der Waals surface area (Å²) in [5, 5.41) is 13.5. The van der Waals surface area contributed by atoms with Crippen LogP contribution in [0.15, 0.2) is 18.9 Å². The summed E-state index contributed by atoms with van der Waals surface area (Å²) >= 11 is 0. The molecule has 0 aliphatic carbocycles. The van der Waals surface area contributed by atoms with Gasteiger partial charge in [-0.05, 0) is 25.8 Å². The molecule has 2 rings (SSSR count). The lowest BCUT2D eigenvalue weighted by molar-refractivity contribution is 0.220. The average Bonchev–Trinajstić information content (AvgIpc) is 2.91. The van der Waals surface area contributed by atoms with Crippen molar-refractivity contribution in [2.75, 3.05) is 19.7 Å². The third kappa shape index (κ3) is 2.76. The SMILES string of the molecule is C=CCn1ncc(CN2CC[C@@H](CO)C2)c1C. The van der Waals surface area contributed by atoms with Crippen LogP contribution >= 0.6 is 0 Å². The van der Waals surface area contributed by atoms with Crippen molar-refractivity contribution >= 4 is 0 Å². The number of allylic oxidation sites excluding steroid dienone is 1. The normalized spacial score (nSPS) is 20.9. The van der Waals surface area contributed by atoms with Crippen LogP contribution in [0.25, 0.3) is 0 Å². The van der Waals surface area contributed by atoms with Crippen LogP contribution in [0.5, 0.6) is 0 Å². The second kappa shape index (κ2) is 5.47. The first-order valence-electron chi connectivity index (χ1n) is 6.20. The lowest BCUT2D eigenvalue weighted by atomic mass is 10.1. The molecule has 1 aliphatic rings. The molecule has 4 nitrogen and oxygen atoms in total. The van der Waals surface area contributed by atoms with Crippen molar-refractivity contribution in [1.29, 1.82) is 0 Å². The summed E-state index contributed by atoms with van der Waals surface area (Å²) in [6.45, 7) is 9.94. The number of aliphatic hydroxyl groups is 1. The predicted molar refractivity (Wildman–Crippen MR) is 67.6 cm³/mol. The van der Waals surface area contributed by atoms with E-state index in [1.807, 2.05) is 17.0 Å². The van der Waals surface area contributed by atoms with Crippen molar-refractivity contribution in [1.82, 2.24) is 14.7 Å². The molecule has 0 radical (unpaired) electrons. The Morgan fingerprint density at radius 2 is 2.47 bits per heavy atom. The van der Waals surface area contributed by atoms with Crippen molar-refractivity contribution in [3.05, 3.63) is 30.1 Å². The number of aliphatic hydroxyl groups excluding tert-OH is 1. The smallest absolute Gasteiger partial charge is 0.0590 e. The van der Waals surface area contributed by atoms with Crippen LogP contribution in [0.1, 0.15) is 17.7 Å². The van der Waals surface area contributed by atoms with Gasteiger partial charge in [-0.25, -0.2) is 0 Å². The third-order valence-corrected chi connectivity index (χ3v) is 3.53. The summed E-state index contributed by atoms with van der Waals surface area (Å²) < 4.78 is 1.97. The Kier molecular flexibility index (Phi) is 3.97. The summed E-state index contributed by atoms with van der Waals surface area (Å²) in [7, 11) is 0. The highest BCUT2D eigenvalue weighted by molar-refractivity contribution is 5.16. The summed E-state index contributed by atoms with van der Waals surface area (Å²) in [5.74, 6) is 0.457. The van der Waals surface area contributed by atoms with Gasteiger partial charge in [0.05, 0.1) is 12.7 Å². The van der Waals surface area contributed by atoms with Crippen LogP contribution in [0, 0.1) is 12.8 Å². The Bertz CT molecular complexity index is 386. The second-order valence-corrected chi connectivity index (χ2v) is 4.80. The van der Waals surface area contributed by atoms with Gasteiger partial charge in [0.2, 0.25) is 0 Å². The Balaban J connectivity index is 1.97. The van der Waals surface area contributed by atoms with Gasteiger partial charge < -0.3 is 5.11 Å². The summed E-state index contributed by atoms with van der Waals surface area (Å²) in [6.07, 6.45) is 4.92. The van der Waals surface area contributed by atoms with Crippen LogP contribution < -0.4 is 0 Å². The Labute approximate surface area is 103 Å². The fourth-order valence-corrected chi connectivity index (χ4v) is 2.39. The van der Waals surface area contributed by atoms with Crippen LogP contribution in [0.3, 0.4) is 0 Å². The molecular formula is C13H21N3O. The molecule has 0 spiro atoms. The minimum atomic E-state index is 0.311. The van der Waals surface area contributed by atoms with Gasteiger partial charge in [-0.1, -0.05) is 6.08 Å². The van der Waals surface area contributed by atoms with Gasteiger partial charge in [0.25, 0.3) is 0 Å². The van der Waals surface area contributed by atoms with Gasteiger partial charge >= 0.3 is 0 Å². The largest absolute Gasteiger partial charge is 0.396 e. The first kappa shape index (κ1) is 12.3. The van der Waals surface area contributed by atoms with Crippen molar-refractivity contribution < 1.29 is 5.11 Å². The zero-order valence-electron chi connectivity index (χ0n) is 10.5. The topological polar surface area (TPSA) is 41.3 Å². The van der Waals surface area contributed by atoms with Crippen molar-refractivity contribution in [2.45, 2.75) is 26.4 Å². The fourth-order valence-electron chi connectivity index (χ4n) is 2.39. The van der Waals surface area contributed by atoms with Gasteiger partial charge in [-0.3, -0.25) is 9.58 Å². The molecule has 17 heavy (non-hydrogen) atoms. The molecule has 0 saturated carbocycles. The number of rotatable bonds is 5. The van der Waals surface area contributed by atoms with Crippen molar-refractivity contribution in [3.8, 4) is 0 Å². The third-order valence-electron chi connectivity index (χ3n) is 3.53. The lowest BCUT2D eigenvalue weighted by Gasteiger charge is -2.15. The molecule has 1 fully saturated rings. The van der Waals surface area contributed by atoms with Crippen LogP contribution in [0.2, 0.25) is 0 Å². The molecule has 1 atom stereocenters. The van der Waals surface area contributed by atoms with E-state index in [-0.39, 0.29) is 0 Å².